The molecule has 4 heteroatoms. The minimum absolute atomic E-state index is 0.291. The molecule has 0 aliphatic rings. The van der Waals surface area contributed by atoms with Crippen LogP contribution in [0.25, 0.3) is 0 Å². The predicted molar refractivity (Wildman–Crippen MR) is 70.0 cm³/mol. The molecule has 16 heavy (non-hydrogen) atoms. The lowest BCUT2D eigenvalue weighted by molar-refractivity contribution is 0.483. The van der Waals surface area contributed by atoms with Crippen molar-refractivity contribution in [2.45, 2.75) is 0 Å². The third-order valence-corrected chi connectivity index (χ3v) is 2.67. The van der Waals surface area contributed by atoms with Gasteiger partial charge in [-0.3, -0.25) is 0 Å². The third kappa shape index (κ3) is 2.63. The number of nitrogens with two attached hydrogens (primary N) is 1. The van der Waals surface area contributed by atoms with Crippen LogP contribution >= 0.6 is 22.6 Å². The average Bonchev–Trinajstić information content (AvgIpc) is 2.22. The van der Waals surface area contributed by atoms with Gasteiger partial charge in [0.2, 0.25) is 0 Å². The van der Waals surface area contributed by atoms with Crippen LogP contribution in [0.15, 0.2) is 42.5 Å². The van der Waals surface area contributed by atoms with Gasteiger partial charge < -0.3 is 10.5 Å². The van der Waals surface area contributed by atoms with Gasteiger partial charge in [0.25, 0.3) is 0 Å². The van der Waals surface area contributed by atoms with Crippen molar-refractivity contribution in [1.29, 1.82) is 0 Å². The third-order valence-electron chi connectivity index (χ3n) is 2.00. The second kappa shape index (κ2) is 4.69. The van der Waals surface area contributed by atoms with Crippen molar-refractivity contribution in [3.63, 3.8) is 0 Å². The minimum Gasteiger partial charge on any atom is -0.455 e. The fourth-order valence-electron chi connectivity index (χ4n) is 1.27. The van der Waals surface area contributed by atoms with Crippen LogP contribution in [-0.4, -0.2) is 0 Å². The summed E-state index contributed by atoms with van der Waals surface area (Å²) in [5.74, 6) is 0.779. The summed E-state index contributed by atoms with van der Waals surface area (Å²) >= 11 is 2.19. The number of benzene rings is 2. The Morgan fingerprint density at radius 2 is 1.94 bits per heavy atom. The number of anilines is 1. The molecule has 0 fully saturated rings. The van der Waals surface area contributed by atoms with Crippen molar-refractivity contribution >= 4 is 28.3 Å². The molecule has 2 N–H and O–H groups in total. The first-order valence-electron chi connectivity index (χ1n) is 4.63. The van der Waals surface area contributed by atoms with Gasteiger partial charge in [-0.2, -0.15) is 0 Å². The Morgan fingerprint density at radius 1 is 1.12 bits per heavy atom. The lowest BCUT2D eigenvalue weighted by atomic mass is 10.3. The second-order valence-corrected chi connectivity index (χ2v) is 4.49. The zero-order chi connectivity index (χ0) is 11.5. The van der Waals surface area contributed by atoms with E-state index in [1.165, 1.54) is 18.2 Å². The summed E-state index contributed by atoms with van der Waals surface area (Å²) in [7, 11) is 0. The molecule has 0 amide bonds. The molecule has 0 saturated carbocycles. The molecule has 0 aliphatic carbocycles. The van der Waals surface area contributed by atoms with Crippen molar-refractivity contribution in [3.05, 3.63) is 51.9 Å². The van der Waals surface area contributed by atoms with E-state index in [-0.39, 0.29) is 5.82 Å². The van der Waals surface area contributed by atoms with Crippen LogP contribution in [0, 0.1) is 9.39 Å². The summed E-state index contributed by atoms with van der Waals surface area (Å²) in [6, 6.07) is 11.6. The van der Waals surface area contributed by atoms with E-state index in [9.17, 15) is 4.39 Å². The first-order valence-corrected chi connectivity index (χ1v) is 5.71. The van der Waals surface area contributed by atoms with E-state index in [2.05, 4.69) is 22.6 Å². The highest BCUT2D eigenvalue weighted by molar-refractivity contribution is 14.1. The average molecular weight is 329 g/mol. The van der Waals surface area contributed by atoms with Crippen LogP contribution in [0.4, 0.5) is 10.1 Å². The lowest BCUT2D eigenvalue weighted by Gasteiger charge is -2.08. The van der Waals surface area contributed by atoms with Gasteiger partial charge >= 0.3 is 0 Å². The number of ether oxygens (including phenoxy) is 1. The maximum atomic E-state index is 12.8. The summed E-state index contributed by atoms with van der Waals surface area (Å²) in [6.07, 6.45) is 0. The van der Waals surface area contributed by atoms with Crippen LogP contribution in [-0.2, 0) is 0 Å². The molecular formula is C12H9FINO. The van der Waals surface area contributed by atoms with Gasteiger partial charge in [-0.05, 0) is 52.9 Å². The number of hydrogen-bond acceptors (Lipinski definition) is 2. The summed E-state index contributed by atoms with van der Waals surface area (Å²) in [6.45, 7) is 0. The smallest absolute Gasteiger partial charge is 0.150 e. The Morgan fingerprint density at radius 3 is 2.62 bits per heavy atom. The quantitative estimate of drug-likeness (QED) is 0.672. The van der Waals surface area contributed by atoms with Gasteiger partial charge in [0, 0.05) is 9.64 Å². The Labute approximate surface area is 106 Å². The Bertz CT molecular complexity index is 516. The van der Waals surface area contributed by atoms with Crippen LogP contribution in [0.3, 0.4) is 0 Å². The van der Waals surface area contributed by atoms with Crippen molar-refractivity contribution < 1.29 is 9.13 Å². The molecule has 2 nitrogen and oxygen atoms in total. The fourth-order valence-corrected chi connectivity index (χ4v) is 1.78. The van der Waals surface area contributed by atoms with E-state index in [0.29, 0.717) is 17.2 Å². The maximum Gasteiger partial charge on any atom is 0.150 e. The van der Waals surface area contributed by atoms with E-state index >= 15 is 0 Å². The first kappa shape index (κ1) is 11.2. The molecule has 0 aliphatic heterocycles. The van der Waals surface area contributed by atoms with Crippen molar-refractivity contribution in [3.8, 4) is 11.5 Å². The highest BCUT2D eigenvalue weighted by Crippen LogP contribution is 2.28. The Hall–Kier alpha value is -1.30. The molecule has 0 unspecified atom stereocenters. The standard InChI is InChI=1S/C12H9FINO/c13-8-4-5-12(11(15)6-8)16-10-3-1-2-9(14)7-10/h1-7H,15H2. The molecule has 2 aromatic carbocycles. The summed E-state index contributed by atoms with van der Waals surface area (Å²) < 4.78 is 19.4. The summed E-state index contributed by atoms with van der Waals surface area (Å²) in [5.41, 5.74) is 5.93. The van der Waals surface area contributed by atoms with Crippen molar-refractivity contribution in [2.75, 3.05) is 5.73 Å². The molecule has 0 bridgehead atoms. The zero-order valence-corrected chi connectivity index (χ0v) is 10.4. The zero-order valence-electron chi connectivity index (χ0n) is 8.28. The molecule has 0 saturated heterocycles. The predicted octanol–water partition coefficient (Wildman–Crippen LogP) is 3.80. The minimum atomic E-state index is -0.368. The van der Waals surface area contributed by atoms with Crippen molar-refractivity contribution in [1.82, 2.24) is 0 Å². The van der Waals surface area contributed by atoms with Crippen LogP contribution in [0.5, 0.6) is 11.5 Å². The van der Waals surface area contributed by atoms with Crippen LogP contribution < -0.4 is 10.5 Å². The number of nitrogen functional groups attached to an aromatic ring is 1. The van der Waals surface area contributed by atoms with E-state index in [1.807, 2.05) is 24.3 Å². The highest BCUT2D eigenvalue weighted by Gasteiger charge is 2.03. The van der Waals surface area contributed by atoms with Gasteiger partial charge in [-0.1, -0.05) is 6.07 Å². The molecular weight excluding hydrogens is 320 g/mol. The molecule has 82 valence electrons. The van der Waals surface area contributed by atoms with Gasteiger partial charge in [-0.15, -0.1) is 0 Å². The molecule has 0 spiro atoms. The van der Waals surface area contributed by atoms with E-state index in [4.69, 9.17) is 10.5 Å². The molecule has 0 aromatic heterocycles. The normalized spacial score (nSPS) is 10.1. The summed E-state index contributed by atoms with van der Waals surface area (Å²) in [5, 5.41) is 0. The van der Waals surface area contributed by atoms with Crippen LogP contribution in [0.2, 0.25) is 0 Å². The van der Waals surface area contributed by atoms with Gasteiger partial charge in [-0.25, -0.2) is 4.39 Å². The molecule has 0 heterocycles. The van der Waals surface area contributed by atoms with Gasteiger partial charge in [0.1, 0.15) is 11.6 Å². The number of rotatable bonds is 2. The van der Waals surface area contributed by atoms with Gasteiger partial charge in [0.15, 0.2) is 5.75 Å². The topological polar surface area (TPSA) is 35.2 Å². The van der Waals surface area contributed by atoms with E-state index in [1.54, 1.807) is 0 Å². The lowest BCUT2D eigenvalue weighted by Crippen LogP contribution is -1.93. The summed E-state index contributed by atoms with van der Waals surface area (Å²) in [4.78, 5) is 0. The van der Waals surface area contributed by atoms with E-state index in [0.717, 1.165) is 3.57 Å². The second-order valence-electron chi connectivity index (χ2n) is 3.24. The Balaban J connectivity index is 2.27. The van der Waals surface area contributed by atoms with E-state index < -0.39 is 0 Å². The van der Waals surface area contributed by atoms with Crippen molar-refractivity contribution in [2.24, 2.45) is 0 Å². The van der Waals surface area contributed by atoms with Gasteiger partial charge in [0.05, 0.1) is 5.69 Å². The highest BCUT2D eigenvalue weighted by atomic mass is 127. The largest absolute Gasteiger partial charge is 0.455 e. The van der Waals surface area contributed by atoms with Crippen LogP contribution in [0.1, 0.15) is 0 Å². The number of hydrogen-bond donors (Lipinski definition) is 1. The first-order chi connectivity index (χ1) is 7.65. The molecule has 0 atom stereocenters. The Kier molecular flexibility index (Phi) is 3.28. The SMILES string of the molecule is Nc1cc(F)ccc1Oc1cccc(I)c1. The maximum absolute atomic E-state index is 12.8. The molecule has 2 rings (SSSR count). The molecule has 2 aromatic rings. The monoisotopic (exact) mass is 329 g/mol. The fraction of sp³-hybridized carbons (Fsp3) is 0. The molecule has 0 radical (unpaired) electrons. The number of halogens is 2.